The lowest BCUT2D eigenvalue weighted by molar-refractivity contribution is -0.136. The largest absolute Gasteiger partial charge is 0.481 e. The number of nitrogens with zero attached hydrogens (tertiary/aromatic N) is 2. The van der Waals surface area contributed by atoms with Crippen LogP contribution in [0.3, 0.4) is 0 Å². The van der Waals surface area contributed by atoms with E-state index in [-0.39, 0.29) is 19.0 Å². The van der Waals surface area contributed by atoms with E-state index in [1.165, 1.54) is 4.90 Å². The molecule has 6 nitrogen and oxygen atoms in total. The maximum absolute atomic E-state index is 12.5. The standard InChI is InChI=1S/C15H23N3O3/c1-16-10-6-11-17(2)15(21)18(12-9-14(19)20)13-7-4-3-5-8-13/h3-5,7-8,16H,6,9-12H2,1-2H3,(H,19,20). The number of aliphatic carboxylic acids is 1. The Labute approximate surface area is 125 Å². The Balaban J connectivity index is 2.75. The number of para-hydroxylation sites is 1. The van der Waals surface area contributed by atoms with E-state index in [0.717, 1.165) is 13.0 Å². The molecule has 0 atom stereocenters. The Morgan fingerprint density at radius 3 is 2.43 bits per heavy atom. The van der Waals surface area contributed by atoms with Crippen LogP contribution in [0.15, 0.2) is 30.3 Å². The van der Waals surface area contributed by atoms with Crippen molar-refractivity contribution in [3.05, 3.63) is 30.3 Å². The van der Waals surface area contributed by atoms with Gasteiger partial charge in [0.2, 0.25) is 0 Å². The molecular formula is C15H23N3O3. The first-order chi connectivity index (χ1) is 10.1. The summed E-state index contributed by atoms with van der Waals surface area (Å²) in [7, 11) is 3.60. The predicted octanol–water partition coefficient (Wildman–Crippen LogP) is 1.63. The van der Waals surface area contributed by atoms with Gasteiger partial charge < -0.3 is 15.3 Å². The van der Waals surface area contributed by atoms with E-state index in [4.69, 9.17) is 5.11 Å². The molecule has 0 aliphatic carbocycles. The lowest BCUT2D eigenvalue weighted by Crippen LogP contribution is -2.43. The second-order valence-corrected chi connectivity index (χ2v) is 4.79. The van der Waals surface area contributed by atoms with Crippen molar-refractivity contribution in [3.63, 3.8) is 0 Å². The molecule has 2 N–H and O–H groups in total. The van der Waals surface area contributed by atoms with Crippen LogP contribution in [-0.4, -0.2) is 55.7 Å². The Morgan fingerprint density at radius 1 is 1.19 bits per heavy atom. The molecule has 0 aliphatic heterocycles. The van der Waals surface area contributed by atoms with Crippen LogP contribution in [0.2, 0.25) is 0 Å². The van der Waals surface area contributed by atoms with Crippen molar-refractivity contribution in [2.75, 3.05) is 38.6 Å². The number of nitrogens with one attached hydrogen (secondary N) is 1. The van der Waals surface area contributed by atoms with Gasteiger partial charge in [0.05, 0.1) is 6.42 Å². The average molecular weight is 293 g/mol. The first-order valence-corrected chi connectivity index (χ1v) is 7.00. The Morgan fingerprint density at radius 2 is 1.86 bits per heavy atom. The number of hydrogen-bond acceptors (Lipinski definition) is 3. The van der Waals surface area contributed by atoms with Gasteiger partial charge in [-0.25, -0.2) is 4.79 Å². The van der Waals surface area contributed by atoms with Crippen molar-refractivity contribution >= 4 is 17.7 Å². The first kappa shape index (κ1) is 17.0. The highest BCUT2D eigenvalue weighted by Gasteiger charge is 2.20. The van der Waals surface area contributed by atoms with Crippen molar-refractivity contribution in [2.45, 2.75) is 12.8 Å². The summed E-state index contributed by atoms with van der Waals surface area (Å²) in [6, 6.07) is 8.95. The highest BCUT2D eigenvalue weighted by Crippen LogP contribution is 2.15. The number of carboxylic acid groups (broad SMARTS) is 1. The van der Waals surface area contributed by atoms with E-state index in [1.54, 1.807) is 24.1 Å². The van der Waals surface area contributed by atoms with E-state index in [2.05, 4.69) is 5.32 Å². The minimum Gasteiger partial charge on any atom is -0.481 e. The van der Waals surface area contributed by atoms with Gasteiger partial charge in [-0.2, -0.15) is 0 Å². The summed E-state index contributed by atoms with van der Waals surface area (Å²) in [6.07, 6.45) is 0.769. The molecule has 0 radical (unpaired) electrons. The number of anilines is 1. The molecule has 0 fully saturated rings. The van der Waals surface area contributed by atoms with Gasteiger partial charge >= 0.3 is 12.0 Å². The van der Waals surface area contributed by atoms with Crippen LogP contribution in [-0.2, 0) is 4.79 Å². The van der Waals surface area contributed by atoms with Gasteiger partial charge in [-0.3, -0.25) is 9.69 Å². The highest BCUT2D eigenvalue weighted by atomic mass is 16.4. The lowest BCUT2D eigenvalue weighted by Gasteiger charge is -2.28. The SMILES string of the molecule is CNCCCN(C)C(=O)N(CCC(=O)O)c1ccccc1. The molecule has 116 valence electrons. The Bertz CT molecular complexity index is 451. The summed E-state index contributed by atoms with van der Waals surface area (Å²) < 4.78 is 0. The van der Waals surface area contributed by atoms with Crippen molar-refractivity contribution in [3.8, 4) is 0 Å². The number of rotatable bonds is 8. The van der Waals surface area contributed by atoms with E-state index >= 15 is 0 Å². The van der Waals surface area contributed by atoms with Gasteiger partial charge in [-0.15, -0.1) is 0 Å². The van der Waals surface area contributed by atoms with Gasteiger partial charge in [0, 0.05) is 25.8 Å². The van der Waals surface area contributed by atoms with Crippen LogP contribution in [0.25, 0.3) is 0 Å². The van der Waals surface area contributed by atoms with Crippen LogP contribution in [0.5, 0.6) is 0 Å². The van der Waals surface area contributed by atoms with Crippen molar-refractivity contribution in [1.29, 1.82) is 0 Å². The first-order valence-electron chi connectivity index (χ1n) is 7.00. The fourth-order valence-electron chi connectivity index (χ4n) is 1.95. The van der Waals surface area contributed by atoms with E-state index < -0.39 is 5.97 Å². The molecule has 0 saturated heterocycles. The molecule has 1 aromatic carbocycles. The lowest BCUT2D eigenvalue weighted by atomic mass is 10.2. The number of benzene rings is 1. The van der Waals surface area contributed by atoms with Gasteiger partial charge in [0.15, 0.2) is 0 Å². The Kier molecular flexibility index (Phi) is 7.25. The molecule has 0 spiro atoms. The molecule has 0 unspecified atom stereocenters. The topological polar surface area (TPSA) is 72.9 Å². The number of carboxylic acids is 1. The number of carbonyl (C=O) groups is 2. The summed E-state index contributed by atoms with van der Waals surface area (Å²) in [4.78, 5) is 26.4. The third-order valence-electron chi connectivity index (χ3n) is 3.09. The smallest absolute Gasteiger partial charge is 0.324 e. The molecular weight excluding hydrogens is 270 g/mol. The molecule has 0 saturated carbocycles. The summed E-state index contributed by atoms with van der Waals surface area (Å²) in [5, 5.41) is 11.9. The second-order valence-electron chi connectivity index (χ2n) is 4.79. The summed E-state index contributed by atoms with van der Waals surface area (Å²) in [5.41, 5.74) is 0.712. The van der Waals surface area contributed by atoms with Crippen LogP contribution in [0, 0.1) is 0 Å². The number of amides is 2. The second kappa shape index (κ2) is 8.97. The number of carbonyl (C=O) groups excluding carboxylic acids is 1. The monoisotopic (exact) mass is 293 g/mol. The van der Waals surface area contributed by atoms with E-state index in [9.17, 15) is 9.59 Å². The third-order valence-corrected chi connectivity index (χ3v) is 3.09. The number of hydrogen-bond donors (Lipinski definition) is 2. The molecule has 0 bridgehead atoms. The molecule has 2 amide bonds. The quantitative estimate of drug-likeness (QED) is 0.715. The average Bonchev–Trinajstić information content (AvgIpc) is 2.48. The predicted molar refractivity (Wildman–Crippen MR) is 82.6 cm³/mol. The van der Waals surface area contributed by atoms with Gasteiger partial charge in [-0.05, 0) is 32.1 Å². The van der Waals surface area contributed by atoms with Gasteiger partial charge in [0.25, 0.3) is 0 Å². The highest BCUT2D eigenvalue weighted by molar-refractivity contribution is 5.92. The minimum absolute atomic E-state index is 0.0784. The summed E-state index contributed by atoms with van der Waals surface area (Å²) in [6.45, 7) is 1.61. The summed E-state index contributed by atoms with van der Waals surface area (Å²) >= 11 is 0. The fourth-order valence-corrected chi connectivity index (χ4v) is 1.95. The fraction of sp³-hybridized carbons (Fsp3) is 0.467. The molecule has 0 aliphatic rings. The zero-order chi connectivity index (χ0) is 15.7. The molecule has 0 aromatic heterocycles. The van der Waals surface area contributed by atoms with Gasteiger partial charge in [0.1, 0.15) is 0 Å². The van der Waals surface area contributed by atoms with Crippen molar-refractivity contribution in [1.82, 2.24) is 10.2 Å². The molecule has 0 heterocycles. The van der Waals surface area contributed by atoms with Crippen LogP contribution in [0.4, 0.5) is 10.5 Å². The summed E-state index contributed by atoms with van der Waals surface area (Å²) in [5.74, 6) is -0.915. The van der Waals surface area contributed by atoms with E-state index in [0.29, 0.717) is 12.2 Å². The molecule has 6 heteroatoms. The maximum atomic E-state index is 12.5. The van der Waals surface area contributed by atoms with Crippen LogP contribution in [0.1, 0.15) is 12.8 Å². The normalized spacial score (nSPS) is 10.2. The van der Waals surface area contributed by atoms with Crippen LogP contribution < -0.4 is 10.2 Å². The zero-order valence-electron chi connectivity index (χ0n) is 12.6. The van der Waals surface area contributed by atoms with E-state index in [1.807, 2.05) is 25.2 Å². The van der Waals surface area contributed by atoms with Crippen LogP contribution >= 0.6 is 0 Å². The molecule has 1 aromatic rings. The molecule has 1 rings (SSSR count). The van der Waals surface area contributed by atoms with Crippen molar-refractivity contribution < 1.29 is 14.7 Å². The maximum Gasteiger partial charge on any atom is 0.324 e. The third kappa shape index (κ3) is 5.83. The molecule has 21 heavy (non-hydrogen) atoms. The minimum atomic E-state index is -0.915. The number of urea groups is 1. The van der Waals surface area contributed by atoms with Crippen molar-refractivity contribution in [2.24, 2.45) is 0 Å². The van der Waals surface area contributed by atoms with Gasteiger partial charge in [-0.1, -0.05) is 18.2 Å². The zero-order valence-corrected chi connectivity index (χ0v) is 12.6. The Hall–Kier alpha value is -2.08.